The minimum atomic E-state index is -0.392. The summed E-state index contributed by atoms with van der Waals surface area (Å²) in [7, 11) is 2.08. The second-order valence-electron chi connectivity index (χ2n) is 7.28. The number of likely N-dealkylation sites (tertiary alicyclic amines) is 1. The highest BCUT2D eigenvalue weighted by Crippen LogP contribution is 2.32. The minimum Gasteiger partial charge on any atom is -0.355 e. The van der Waals surface area contributed by atoms with Crippen LogP contribution in [-0.2, 0) is 0 Å². The lowest BCUT2D eigenvalue weighted by Crippen LogP contribution is -2.35. The third-order valence-electron chi connectivity index (χ3n) is 5.32. The number of rotatable bonds is 5. The summed E-state index contributed by atoms with van der Waals surface area (Å²) in [5, 5.41) is 11.0. The molecule has 0 N–H and O–H groups in total. The molecule has 1 aromatic carbocycles. The van der Waals surface area contributed by atoms with Gasteiger partial charge in [-0.05, 0) is 26.2 Å². The Bertz CT molecular complexity index is 836. The van der Waals surface area contributed by atoms with Crippen LogP contribution < -0.4 is 4.90 Å². The van der Waals surface area contributed by atoms with Crippen molar-refractivity contribution in [2.45, 2.75) is 38.3 Å². The Labute approximate surface area is 152 Å². The minimum absolute atomic E-state index is 0.0541. The molecule has 2 aliphatic rings. The van der Waals surface area contributed by atoms with Gasteiger partial charge in [-0.25, -0.2) is 9.97 Å². The molecule has 0 radical (unpaired) electrons. The maximum absolute atomic E-state index is 11.0. The van der Waals surface area contributed by atoms with E-state index in [0.717, 1.165) is 37.1 Å². The largest absolute Gasteiger partial charge is 0.355 e. The number of nitro groups is 1. The summed E-state index contributed by atoms with van der Waals surface area (Å²) in [5.41, 5.74) is 1.59. The smallest absolute Gasteiger partial charge is 0.270 e. The zero-order valence-corrected chi connectivity index (χ0v) is 15.1. The molecule has 0 amide bonds. The van der Waals surface area contributed by atoms with E-state index in [1.54, 1.807) is 6.07 Å². The fraction of sp³-hybridized carbons (Fsp3) is 0.474. The van der Waals surface area contributed by atoms with Crippen LogP contribution in [0.3, 0.4) is 0 Å². The number of anilines is 1. The molecular weight excluding hydrogens is 330 g/mol. The quantitative estimate of drug-likeness (QED) is 0.607. The van der Waals surface area contributed by atoms with E-state index in [0.29, 0.717) is 17.4 Å². The molecule has 4 rings (SSSR count). The first-order chi connectivity index (χ1) is 12.5. The van der Waals surface area contributed by atoms with Crippen molar-refractivity contribution < 1.29 is 4.92 Å². The van der Waals surface area contributed by atoms with Crippen molar-refractivity contribution in [3.8, 4) is 11.4 Å². The van der Waals surface area contributed by atoms with Crippen LogP contribution in [0, 0.1) is 17.0 Å². The number of hydrogen-bond donors (Lipinski definition) is 0. The SMILES string of the molecule is Cc1cc(N(C)C2CCN(C3CC3)C2)nc(-c2cccc([N+](=O)[O-])c2)n1. The molecule has 1 aliphatic heterocycles. The first kappa shape index (κ1) is 16.9. The normalized spacial score (nSPS) is 20.3. The van der Waals surface area contributed by atoms with Gasteiger partial charge in [0.2, 0.25) is 0 Å². The Morgan fingerprint density at radius 2 is 2.04 bits per heavy atom. The number of nitro benzene ring substituents is 1. The van der Waals surface area contributed by atoms with Crippen molar-refractivity contribution in [2.24, 2.45) is 0 Å². The lowest BCUT2D eigenvalue weighted by atomic mass is 10.2. The van der Waals surface area contributed by atoms with Gasteiger partial charge in [-0.1, -0.05) is 12.1 Å². The van der Waals surface area contributed by atoms with Crippen LogP contribution in [0.4, 0.5) is 11.5 Å². The molecule has 2 aromatic rings. The summed E-state index contributed by atoms with van der Waals surface area (Å²) < 4.78 is 0. The first-order valence-corrected chi connectivity index (χ1v) is 9.08. The van der Waals surface area contributed by atoms with Crippen LogP contribution in [0.2, 0.25) is 0 Å². The van der Waals surface area contributed by atoms with Gasteiger partial charge in [0.15, 0.2) is 5.82 Å². The third kappa shape index (κ3) is 3.39. The zero-order chi connectivity index (χ0) is 18.3. The zero-order valence-electron chi connectivity index (χ0n) is 15.1. The summed E-state index contributed by atoms with van der Waals surface area (Å²) in [6, 6.07) is 9.73. The van der Waals surface area contributed by atoms with Gasteiger partial charge in [0.05, 0.1) is 4.92 Å². The predicted molar refractivity (Wildman–Crippen MR) is 100 cm³/mol. The van der Waals surface area contributed by atoms with Crippen molar-refractivity contribution in [3.63, 3.8) is 0 Å². The summed E-state index contributed by atoms with van der Waals surface area (Å²) in [5.74, 6) is 1.41. The molecular formula is C19H23N5O2. The molecule has 7 nitrogen and oxygen atoms in total. The van der Waals surface area contributed by atoms with Gasteiger partial charge >= 0.3 is 0 Å². The summed E-state index contributed by atoms with van der Waals surface area (Å²) in [6.07, 6.45) is 3.81. The Kier molecular flexibility index (Phi) is 4.32. The van der Waals surface area contributed by atoms with Crippen molar-refractivity contribution in [3.05, 3.63) is 46.1 Å². The number of hydrogen-bond acceptors (Lipinski definition) is 6. The molecule has 1 saturated heterocycles. The van der Waals surface area contributed by atoms with Crippen LogP contribution in [0.5, 0.6) is 0 Å². The molecule has 0 bridgehead atoms. The Hall–Kier alpha value is -2.54. The van der Waals surface area contributed by atoms with E-state index in [-0.39, 0.29) is 5.69 Å². The van der Waals surface area contributed by atoms with Crippen LogP contribution >= 0.6 is 0 Å². The highest BCUT2D eigenvalue weighted by molar-refractivity contribution is 5.61. The van der Waals surface area contributed by atoms with Crippen molar-refractivity contribution >= 4 is 11.5 Å². The number of nitrogens with zero attached hydrogens (tertiary/aromatic N) is 5. The summed E-state index contributed by atoms with van der Waals surface area (Å²) >= 11 is 0. The van der Waals surface area contributed by atoms with Crippen molar-refractivity contribution in [1.82, 2.24) is 14.9 Å². The molecule has 1 unspecified atom stereocenters. The van der Waals surface area contributed by atoms with Crippen LogP contribution in [0.25, 0.3) is 11.4 Å². The predicted octanol–water partition coefficient (Wildman–Crippen LogP) is 3.03. The topological polar surface area (TPSA) is 75.4 Å². The summed E-state index contributed by atoms with van der Waals surface area (Å²) in [6.45, 7) is 4.17. The number of aromatic nitrogens is 2. The van der Waals surface area contributed by atoms with E-state index < -0.39 is 4.92 Å². The van der Waals surface area contributed by atoms with Crippen LogP contribution in [0.1, 0.15) is 25.0 Å². The molecule has 2 heterocycles. The van der Waals surface area contributed by atoms with Gasteiger partial charge in [0.25, 0.3) is 5.69 Å². The maximum atomic E-state index is 11.0. The monoisotopic (exact) mass is 353 g/mol. The molecule has 1 aliphatic carbocycles. The van der Waals surface area contributed by atoms with Gasteiger partial charge in [0.1, 0.15) is 5.82 Å². The number of likely N-dealkylation sites (N-methyl/N-ethyl adjacent to an activating group) is 1. The fourth-order valence-corrected chi connectivity index (χ4v) is 3.66. The molecule has 1 aromatic heterocycles. The third-order valence-corrected chi connectivity index (χ3v) is 5.32. The van der Waals surface area contributed by atoms with Gasteiger partial charge in [-0.2, -0.15) is 0 Å². The lowest BCUT2D eigenvalue weighted by molar-refractivity contribution is -0.384. The molecule has 7 heteroatoms. The lowest BCUT2D eigenvalue weighted by Gasteiger charge is -2.26. The highest BCUT2D eigenvalue weighted by atomic mass is 16.6. The molecule has 26 heavy (non-hydrogen) atoms. The van der Waals surface area contributed by atoms with E-state index in [4.69, 9.17) is 4.98 Å². The van der Waals surface area contributed by atoms with Gasteiger partial charge < -0.3 is 4.90 Å². The fourth-order valence-electron chi connectivity index (χ4n) is 3.66. The van der Waals surface area contributed by atoms with Gasteiger partial charge in [-0.15, -0.1) is 0 Å². The molecule has 2 fully saturated rings. The average molecular weight is 353 g/mol. The van der Waals surface area contributed by atoms with Crippen molar-refractivity contribution in [1.29, 1.82) is 0 Å². The average Bonchev–Trinajstić information content (AvgIpc) is 3.37. The van der Waals surface area contributed by atoms with Gasteiger partial charge in [-0.3, -0.25) is 15.0 Å². The van der Waals surface area contributed by atoms with E-state index >= 15 is 0 Å². The number of non-ortho nitro benzene ring substituents is 1. The highest BCUT2D eigenvalue weighted by Gasteiger charge is 2.36. The van der Waals surface area contributed by atoms with E-state index in [2.05, 4.69) is 21.8 Å². The Balaban J connectivity index is 1.60. The van der Waals surface area contributed by atoms with Crippen molar-refractivity contribution in [2.75, 3.05) is 25.0 Å². The van der Waals surface area contributed by atoms with E-state index in [9.17, 15) is 10.1 Å². The Morgan fingerprint density at radius 1 is 1.23 bits per heavy atom. The van der Waals surface area contributed by atoms with Crippen LogP contribution in [0.15, 0.2) is 30.3 Å². The maximum Gasteiger partial charge on any atom is 0.270 e. The first-order valence-electron chi connectivity index (χ1n) is 9.08. The summed E-state index contributed by atoms with van der Waals surface area (Å²) in [4.78, 5) is 24.7. The second-order valence-corrected chi connectivity index (χ2v) is 7.28. The standard InChI is InChI=1S/C19H23N5O2/c1-13-10-18(22(2)17-8-9-23(12-17)15-6-7-15)21-19(20-13)14-4-3-5-16(11-14)24(25)26/h3-5,10-11,15,17H,6-9,12H2,1-2H3. The van der Waals surface area contributed by atoms with Gasteiger partial charge in [0, 0.05) is 61.7 Å². The molecule has 1 atom stereocenters. The van der Waals surface area contributed by atoms with E-state index in [1.807, 2.05) is 19.1 Å². The number of aryl methyl sites for hydroxylation is 1. The van der Waals surface area contributed by atoms with E-state index in [1.165, 1.54) is 25.0 Å². The molecule has 0 spiro atoms. The Morgan fingerprint density at radius 3 is 2.77 bits per heavy atom. The molecule has 1 saturated carbocycles. The molecule has 136 valence electrons. The van der Waals surface area contributed by atoms with Crippen LogP contribution in [-0.4, -0.2) is 52.0 Å². The number of benzene rings is 1. The second kappa shape index (κ2) is 6.64.